The number of carbonyl (C=O) groups is 2. The van der Waals surface area contributed by atoms with Crippen LogP contribution >= 0.6 is 11.6 Å². The number of amides is 2. The zero-order valence-electron chi connectivity index (χ0n) is 15.0. The maximum atomic E-state index is 12.6. The maximum absolute atomic E-state index is 12.6. The number of nitrogens with one attached hydrogen (secondary N) is 1. The van der Waals surface area contributed by atoms with Crippen molar-refractivity contribution in [3.63, 3.8) is 0 Å². The van der Waals surface area contributed by atoms with E-state index in [0.717, 1.165) is 5.56 Å². The van der Waals surface area contributed by atoms with Crippen molar-refractivity contribution >= 4 is 34.9 Å². The number of rotatable bonds is 5. The van der Waals surface area contributed by atoms with Crippen LogP contribution in [0.25, 0.3) is 0 Å². The van der Waals surface area contributed by atoms with Crippen LogP contribution in [0.3, 0.4) is 0 Å². The summed E-state index contributed by atoms with van der Waals surface area (Å²) in [5.41, 5.74) is 1.65. The number of benzene rings is 1. The Morgan fingerprint density at radius 1 is 1.21 bits per heavy atom. The van der Waals surface area contributed by atoms with Crippen molar-refractivity contribution in [1.82, 2.24) is 14.8 Å². The van der Waals surface area contributed by atoms with Crippen LogP contribution in [-0.2, 0) is 16.1 Å². The van der Waals surface area contributed by atoms with Crippen LogP contribution in [0.4, 0.5) is 11.5 Å². The van der Waals surface area contributed by atoms with Gasteiger partial charge >= 0.3 is 0 Å². The van der Waals surface area contributed by atoms with Crippen molar-refractivity contribution in [2.24, 2.45) is 5.92 Å². The molecule has 1 aromatic carbocycles. The average Bonchev–Trinajstić information content (AvgIpc) is 3.31. The van der Waals surface area contributed by atoms with E-state index in [-0.39, 0.29) is 18.2 Å². The first-order chi connectivity index (χ1) is 13.6. The van der Waals surface area contributed by atoms with Crippen molar-refractivity contribution < 1.29 is 9.59 Å². The highest BCUT2D eigenvalue weighted by Crippen LogP contribution is 2.24. The van der Waals surface area contributed by atoms with E-state index in [0.29, 0.717) is 29.6 Å². The number of pyridine rings is 1. The number of nitrogens with zero attached hydrogens (tertiary/aromatic N) is 4. The van der Waals surface area contributed by atoms with Gasteiger partial charge < -0.3 is 5.32 Å². The standard InChI is InChI=1S/C20H18ClN5O2/c21-16-6-4-14(5-7-16)11-25-13-17(10-23-25)24-20(28)15-9-19(27)26(12-15)18-3-1-2-8-22-18/h1-8,10,13,15H,9,11-12H2,(H,24,28)/t15-/m0/s1. The lowest BCUT2D eigenvalue weighted by Gasteiger charge is -2.15. The molecule has 142 valence electrons. The van der Waals surface area contributed by atoms with E-state index in [4.69, 9.17) is 11.6 Å². The van der Waals surface area contributed by atoms with Crippen molar-refractivity contribution in [1.29, 1.82) is 0 Å². The molecule has 0 spiro atoms. The lowest BCUT2D eigenvalue weighted by Crippen LogP contribution is -2.28. The minimum absolute atomic E-state index is 0.0997. The molecule has 1 atom stereocenters. The molecule has 0 aliphatic carbocycles. The SMILES string of the molecule is O=C(Nc1cnn(Cc2ccc(Cl)cc2)c1)[C@H]1CC(=O)N(c2ccccn2)C1. The quantitative estimate of drug-likeness (QED) is 0.720. The first-order valence-corrected chi connectivity index (χ1v) is 9.25. The molecule has 1 aliphatic heterocycles. The summed E-state index contributed by atoms with van der Waals surface area (Å²) in [5.74, 6) is -0.150. The normalized spacial score (nSPS) is 16.4. The molecule has 1 saturated heterocycles. The van der Waals surface area contributed by atoms with Crippen LogP contribution in [0, 0.1) is 5.92 Å². The van der Waals surface area contributed by atoms with Gasteiger partial charge in [0.2, 0.25) is 11.8 Å². The third-order valence-corrected chi connectivity index (χ3v) is 4.83. The zero-order chi connectivity index (χ0) is 19.5. The summed E-state index contributed by atoms with van der Waals surface area (Å²) in [6, 6.07) is 12.9. The summed E-state index contributed by atoms with van der Waals surface area (Å²) in [7, 11) is 0. The van der Waals surface area contributed by atoms with Gasteiger partial charge in [0.05, 0.1) is 24.3 Å². The summed E-state index contributed by atoms with van der Waals surface area (Å²) in [5, 5.41) is 7.81. The molecular weight excluding hydrogens is 378 g/mol. The third-order valence-electron chi connectivity index (χ3n) is 4.58. The van der Waals surface area contributed by atoms with Crippen molar-refractivity contribution in [2.75, 3.05) is 16.8 Å². The Morgan fingerprint density at radius 2 is 2.04 bits per heavy atom. The van der Waals surface area contributed by atoms with Crippen LogP contribution in [0.15, 0.2) is 61.1 Å². The highest BCUT2D eigenvalue weighted by molar-refractivity contribution is 6.30. The van der Waals surface area contributed by atoms with Crippen LogP contribution in [0.1, 0.15) is 12.0 Å². The van der Waals surface area contributed by atoms with Gasteiger partial charge in [0.25, 0.3) is 0 Å². The maximum Gasteiger partial charge on any atom is 0.229 e. The smallest absolute Gasteiger partial charge is 0.229 e. The number of carbonyl (C=O) groups excluding carboxylic acids is 2. The number of anilines is 2. The fourth-order valence-corrected chi connectivity index (χ4v) is 3.28. The minimum Gasteiger partial charge on any atom is -0.323 e. The summed E-state index contributed by atoms with van der Waals surface area (Å²) < 4.78 is 1.73. The van der Waals surface area contributed by atoms with Gasteiger partial charge in [-0.1, -0.05) is 29.8 Å². The average molecular weight is 396 g/mol. The Kier molecular flexibility index (Phi) is 5.08. The molecule has 1 N–H and O–H groups in total. The van der Waals surface area contributed by atoms with Gasteiger partial charge in [-0.3, -0.25) is 19.2 Å². The fourth-order valence-electron chi connectivity index (χ4n) is 3.15. The molecule has 3 heterocycles. The molecule has 0 saturated carbocycles. The first kappa shape index (κ1) is 18.2. The summed E-state index contributed by atoms with van der Waals surface area (Å²) >= 11 is 5.90. The van der Waals surface area contributed by atoms with E-state index in [1.54, 1.807) is 40.3 Å². The number of hydrogen-bond donors (Lipinski definition) is 1. The van der Waals surface area contributed by atoms with E-state index < -0.39 is 5.92 Å². The summed E-state index contributed by atoms with van der Waals surface area (Å²) in [4.78, 5) is 30.6. The first-order valence-electron chi connectivity index (χ1n) is 8.87. The lowest BCUT2D eigenvalue weighted by molar-refractivity contribution is -0.122. The molecule has 3 aromatic rings. The van der Waals surface area contributed by atoms with Gasteiger partial charge in [-0.15, -0.1) is 0 Å². The molecule has 2 aromatic heterocycles. The summed E-state index contributed by atoms with van der Waals surface area (Å²) in [6.07, 6.45) is 5.16. The van der Waals surface area contributed by atoms with Gasteiger partial charge in [0, 0.05) is 30.4 Å². The molecule has 8 heteroatoms. The highest BCUT2D eigenvalue weighted by Gasteiger charge is 2.35. The fraction of sp³-hybridized carbons (Fsp3) is 0.200. The van der Waals surface area contributed by atoms with Crippen molar-refractivity contribution in [2.45, 2.75) is 13.0 Å². The largest absolute Gasteiger partial charge is 0.323 e. The number of aromatic nitrogens is 3. The van der Waals surface area contributed by atoms with Crippen LogP contribution in [0.2, 0.25) is 5.02 Å². The Bertz CT molecular complexity index is 987. The second kappa shape index (κ2) is 7.82. The van der Waals surface area contributed by atoms with Gasteiger partial charge in [-0.25, -0.2) is 4.98 Å². The predicted octanol–water partition coefficient (Wildman–Crippen LogP) is 2.97. The molecule has 2 amide bonds. The van der Waals surface area contributed by atoms with E-state index in [1.807, 2.05) is 30.3 Å². The Morgan fingerprint density at radius 3 is 2.79 bits per heavy atom. The van der Waals surface area contributed by atoms with Crippen LogP contribution in [0.5, 0.6) is 0 Å². The molecule has 0 unspecified atom stereocenters. The molecule has 1 aliphatic rings. The zero-order valence-corrected chi connectivity index (χ0v) is 15.7. The second-order valence-electron chi connectivity index (χ2n) is 6.64. The van der Waals surface area contributed by atoms with E-state index in [9.17, 15) is 9.59 Å². The minimum atomic E-state index is -0.422. The van der Waals surface area contributed by atoms with E-state index in [2.05, 4.69) is 15.4 Å². The van der Waals surface area contributed by atoms with E-state index >= 15 is 0 Å². The third kappa shape index (κ3) is 4.04. The Balaban J connectivity index is 1.37. The van der Waals surface area contributed by atoms with Gasteiger partial charge in [0.15, 0.2) is 0 Å². The lowest BCUT2D eigenvalue weighted by atomic mass is 10.1. The number of halogens is 1. The molecule has 4 rings (SSSR count). The molecule has 0 bridgehead atoms. The molecule has 0 radical (unpaired) electrons. The van der Waals surface area contributed by atoms with Crippen molar-refractivity contribution in [3.8, 4) is 0 Å². The van der Waals surface area contributed by atoms with Crippen molar-refractivity contribution in [3.05, 3.63) is 71.6 Å². The van der Waals surface area contributed by atoms with Gasteiger partial charge in [-0.2, -0.15) is 5.10 Å². The van der Waals surface area contributed by atoms with E-state index in [1.165, 1.54) is 0 Å². The molecule has 7 nitrogen and oxygen atoms in total. The second-order valence-corrected chi connectivity index (χ2v) is 7.07. The number of hydrogen-bond acceptors (Lipinski definition) is 4. The molecule has 1 fully saturated rings. The topological polar surface area (TPSA) is 80.1 Å². The van der Waals surface area contributed by atoms with Gasteiger partial charge in [0.1, 0.15) is 5.82 Å². The van der Waals surface area contributed by atoms with Crippen LogP contribution < -0.4 is 10.2 Å². The molecule has 28 heavy (non-hydrogen) atoms. The summed E-state index contributed by atoms with van der Waals surface area (Å²) in [6.45, 7) is 0.892. The molecular formula is C20H18ClN5O2. The predicted molar refractivity (Wildman–Crippen MR) is 106 cm³/mol. The monoisotopic (exact) mass is 395 g/mol. The Hall–Kier alpha value is -3.19. The van der Waals surface area contributed by atoms with Gasteiger partial charge in [-0.05, 0) is 29.8 Å². The Labute approximate surface area is 166 Å². The van der Waals surface area contributed by atoms with Crippen LogP contribution in [-0.4, -0.2) is 33.1 Å². The highest BCUT2D eigenvalue weighted by atomic mass is 35.5.